The summed E-state index contributed by atoms with van der Waals surface area (Å²) in [5, 5.41) is 21.4. The van der Waals surface area contributed by atoms with Gasteiger partial charge in [0.05, 0.1) is 13.0 Å². The van der Waals surface area contributed by atoms with E-state index in [2.05, 4.69) is 5.32 Å². The van der Waals surface area contributed by atoms with Crippen LogP contribution in [0.3, 0.4) is 0 Å². The van der Waals surface area contributed by atoms with E-state index >= 15 is 0 Å². The molecule has 1 aliphatic carbocycles. The third kappa shape index (κ3) is 3.80. The fourth-order valence-electron chi connectivity index (χ4n) is 2.41. The number of carboxylic acids is 1. The third-order valence-corrected chi connectivity index (χ3v) is 3.15. The molecule has 88 valence electrons. The number of nitrogens with one attached hydrogen (secondary N) is 1. The minimum Gasteiger partial charge on any atom is -0.481 e. The van der Waals surface area contributed by atoms with Crippen molar-refractivity contribution in [3.8, 4) is 0 Å². The summed E-state index contributed by atoms with van der Waals surface area (Å²) in [6.45, 7) is 1.97. The van der Waals surface area contributed by atoms with Crippen molar-refractivity contribution in [3.63, 3.8) is 0 Å². The predicted octanol–water partition coefficient (Wildman–Crippen LogP) is 1.13. The van der Waals surface area contributed by atoms with Gasteiger partial charge in [-0.3, -0.25) is 4.79 Å². The number of hydrogen-bond donors (Lipinski definition) is 3. The molecule has 0 aromatic heterocycles. The fraction of sp³-hybridized carbons (Fsp3) is 0.909. The van der Waals surface area contributed by atoms with Crippen molar-refractivity contribution < 1.29 is 15.0 Å². The first-order valence-corrected chi connectivity index (χ1v) is 5.68. The minimum atomic E-state index is -0.793. The fourth-order valence-corrected chi connectivity index (χ4v) is 2.41. The van der Waals surface area contributed by atoms with Crippen LogP contribution in [0.15, 0.2) is 0 Å². The maximum Gasteiger partial charge on any atom is 0.304 e. The van der Waals surface area contributed by atoms with Gasteiger partial charge in [0.1, 0.15) is 0 Å². The zero-order chi connectivity index (χ0) is 11.3. The molecule has 1 rings (SSSR count). The zero-order valence-electron chi connectivity index (χ0n) is 9.33. The zero-order valence-corrected chi connectivity index (χ0v) is 9.33. The summed E-state index contributed by atoms with van der Waals surface area (Å²) < 4.78 is 0. The summed E-state index contributed by atoms with van der Waals surface area (Å²) in [5.41, 5.74) is -0.229. The van der Waals surface area contributed by atoms with Gasteiger partial charge in [0.15, 0.2) is 0 Å². The number of carbonyl (C=O) groups is 1. The number of aliphatic hydroxyl groups is 1. The first-order valence-electron chi connectivity index (χ1n) is 5.68. The van der Waals surface area contributed by atoms with Gasteiger partial charge in [0, 0.05) is 11.6 Å². The molecule has 0 bridgehead atoms. The van der Waals surface area contributed by atoms with E-state index in [0.29, 0.717) is 0 Å². The van der Waals surface area contributed by atoms with Gasteiger partial charge >= 0.3 is 5.97 Å². The summed E-state index contributed by atoms with van der Waals surface area (Å²) >= 11 is 0. The molecule has 15 heavy (non-hydrogen) atoms. The van der Waals surface area contributed by atoms with E-state index in [4.69, 9.17) is 5.11 Å². The van der Waals surface area contributed by atoms with Crippen molar-refractivity contribution in [1.82, 2.24) is 5.32 Å². The second kappa shape index (κ2) is 5.47. The van der Waals surface area contributed by atoms with E-state index in [1.54, 1.807) is 0 Å². The molecular formula is C11H21NO3. The Labute approximate surface area is 90.7 Å². The molecule has 1 unspecified atom stereocenters. The van der Waals surface area contributed by atoms with Crippen molar-refractivity contribution in [1.29, 1.82) is 0 Å². The van der Waals surface area contributed by atoms with Crippen LogP contribution in [0.5, 0.6) is 0 Å². The third-order valence-electron chi connectivity index (χ3n) is 3.15. The molecule has 0 radical (unpaired) electrons. The highest BCUT2D eigenvalue weighted by molar-refractivity contribution is 5.67. The van der Waals surface area contributed by atoms with Gasteiger partial charge in [-0.05, 0) is 19.8 Å². The summed E-state index contributed by atoms with van der Waals surface area (Å²) in [6.07, 6.45) is 5.47. The standard InChI is InChI=1S/C11H21NO3/c1-9(7-10(14)15)12-11(8-13)5-3-2-4-6-11/h9,12-13H,2-8H2,1H3,(H,14,15). The van der Waals surface area contributed by atoms with Crippen molar-refractivity contribution in [3.05, 3.63) is 0 Å². The molecule has 1 saturated carbocycles. The largest absolute Gasteiger partial charge is 0.481 e. The summed E-state index contributed by atoms with van der Waals surface area (Å²) in [6, 6.07) is -0.0762. The lowest BCUT2D eigenvalue weighted by Gasteiger charge is -2.38. The molecule has 0 spiro atoms. The SMILES string of the molecule is CC(CC(=O)O)NC1(CO)CCCCC1. The lowest BCUT2D eigenvalue weighted by atomic mass is 9.81. The van der Waals surface area contributed by atoms with Crippen LogP contribution in [0.4, 0.5) is 0 Å². The molecule has 4 nitrogen and oxygen atoms in total. The maximum absolute atomic E-state index is 10.5. The van der Waals surface area contributed by atoms with Crippen molar-refractivity contribution >= 4 is 5.97 Å². The van der Waals surface area contributed by atoms with Gasteiger partial charge in [-0.15, -0.1) is 0 Å². The number of aliphatic carboxylic acids is 1. The molecule has 0 saturated heterocycles. The number of carboxylic acid groups (broad SMARTS) is 1. The summed E-state index contributed by atoms with van der Waals surface area (Å²) in [7, 11) is 0. The van der Waals surface area contributed by atoms with Crippen LogP contribution < -0.4 is 5.32 Å². The highest BCUT2D eigenvalue weighted by atomic mass is 16.4. The molecule has 1 fully saturated rings. The van der Waals surface area contributed by atoms with E-state index in [1.807, 2.05) is 6.92 Å². The molecule has 3 N–H and O–H groups in total. The Morgan fingerprint density at radius 3 is 2.47 bits per heavy atom. The second-order valence-corrected chi connectivity index (χ2v) is 4.64. The topological polar surface area (TPSA) is 69.6 Å². The van der Waals surface area contributed by atoms with Gasteiger partial charge in [-0.2, -0.15) is 0 Å². The normalized spacial score (nSPS) is 22.3. The first kappa shape index (κ1) is 12.5. The van der Waals surface area contributed by atoms with Crippen LogP contribution in [0.1, 0.15) is 45.4 Å². The maximum atomic E-state index is 10.5. The Morgan fingerprint density at radius 2 is 2.00 bits per heavy atom. The lowest BCUT2D eigenvalue weighted by molar-refractivity contribution is -0.137. The molecule has 4 heteroatoms. The quantitative estimate of drug-likeness (QED) is 0.643. The van der Waals surface area contributed by atoms with Gasteiger partial charge in [-0.25, -0.2) is 0 Å². The molecular weight excluding hydrogens is 194 g/mol. The lowest BCUT2D eigenvalue weighted by Crippen LogP contribution is -2.53. The Morgan fingerprint density at radius 1 is 1.40 bits per heavy atom. The molecule has 0 aromatic rings. The van der Waals surface area contributed by atoms with Crippen LogP contribution >= 0.6 is 0 Å². The van der Waals surface area contributed by atoms with Crippen LogP contribution in [0.2, 0.25) is 0 Å². The Kier molecular flexibility index (Phi) is 4.54. The Balaban J connectivity index is 2.47. The minimum absolute atomic E-state index is 0.0762. The first-order chi connectivity index (χ1) is 7.08. The van der Waals surface area contributed by atoms with E-state index in [-0.39, 0.29) is 24.6 Å². The van der Waals surface area contributed by atoms with Gasteiger partial charge in [-0.1, -0.05) is 19.3 Å². The monoisotopic (exact) mass is 215 g/mol. The van der Waals surface area contributed by atoms with E-state index < -0.39 is 5.97 Å². The van der Waals surface area contributed by atoms with Crippen molar-refractivity contribution in [2.75, 3.05) is 6.61 Å². The summed E-state index contributed by atoms with van der Waals surface area (Å²) in [5.74, 6) is -0.793. The van der Waals surface area contributed by atoms with Crippen molar-refractivity contribution in [2.45, 2.75) is 57.0 Å². The second-order valence-electron chi connectivity index (χ2n) is 4.64. The molecule has 1 aliphatic rings. The van der Waals surface area contributed by atoms with E-state index in [9.17, 15) is 9.90 Å². The van der Waals surface area contributed by atoms with Crippen molar-refractivity contribution in [2.24, 2.45) is 0 Å². The van der Waals surface area contributed by atoms with Crippen LogP contribution in [0.25, 0.3) is 0 Å². The average molecular weight is 215 g/mol. The van der Waals surface area contributed by atoms with Gasteiger partial charge in [0.25, 0.3) is 0 Å². The number of rotatable bonds is 5. The summed E-state index contributed by atoms with van der Waals surface area (Å²) in [4.78, 5) is 10.5. The average Bonchev–Trinajstić information content (AvgIpc) is 2.17. The molecule has 0 aliphatic heterocycles. The molecule has 0 heterocycles. The smallest absolute Gasteiger partial charge is 0.304 e. The number of aliphatic hydroxyl groups excluding tert-OH is 1. The molecule has 0 amide bonds. The van der Waals surface area contributed by atoms with Crippen LogP contribution in [0, 0.1) is 0 Å². The Hall–Kier alpha value is -0.610. The van der Waals surface area contributed by atoms with E-state index in [1.165, 1.54) is 6.42 Å². The van der Waals surface area contributed by atoms with E-state index in [0.717, 1.165) is 25.7 Å². The number of hydrogen-bond acceptors (Lipinski definition) is 3. The van der Waals surface area contributed by atoms with Gasteiger partial charge in [0.2, 0.25) is 0 Å². The van der Waals surface area contributed by atoms with Crippen LogP contribution in [-0.4, -0.2) is 34.4 Å². The predicted molar refractivity (Wildman–Crippen MR) is 57.8 cm³/mol. The molecule has 1 atom stereocenters. The highest BCUT2D eigenvalue weighted by Crippen LogP contribution is 2.28. The van der Waals surface area contributed by atoms with Crippen LogP contribution in [-0.2, 0) is 4.79 Å². The Bertz CT molecular complexity index is 212. The highest BCUT2D eigenvalue weighted by Gasteiger charge is 2.32. The molecule has 0 aromatic carbocycles. The van der Waals surface area contributed by atoms with Gasteiger partial charge < -0.3 is 15.5 Å².